The van der Waals surface area contributed by atoms with E-state index in [1.165, 1.54) is 6.07 Å². The van der Waals surface area contributed by atoms with Gasteiger partial charge in [-0.15, -0.1) is 11.6 Å². The van der Waals surface area contributed by atoms with Crippen LogP contribution in [0.15, 0.2) is 16.6 Å². The monoisotopic (exact) mass is 348 g/mol. The van der Waals surface area contributed by atoms with E-state index in [0.717, 1.165) is 9.13 Å². The van der Waals surface area contributed by atoms with Crippen LogP contribution in [-0.2, 0) is 5.88 Å². The zero-order valence-corrected chi connectivity index (χ0v) is 9.87. The number of rotatable bonds is 1. The Hall–Kier alpha value is 0.650. The molecule has 0 unspecified atom stereocenters. The Morgan fingerprint density at radius 2 is 2.18 bits per heavy atom. The first kappa shape index (κ1) is 9.74. The van der Waals surface area contributed by atoms with Crippen LogP contribution in [0.3, 0.4) is 0 Å². The van der Waals surface area contributed by atoms with Crippen molar-refractivity contribution in [1.82, 2.24) is 0 Å². The van der Waals surface area contributed by atoms with Gasteiger partial charge in [0.15, 0.2) is 0 Å². The van der Waals surface area contributed by atoms with E-state index in [1.54, 1.807) is 0 Å². The van der Waals surface area contributed by atoms with E-state index in [9.17, 15) is 4.39 Å². The summed E-state index contributed by atoms with van der Waals surface area (Å²) < 4.78 is 14.3. The lowest BCUT2D eigenvalue weighted by Gasteiger charge is -2.00. The summed E-state index contributed by atoms with van der Waals surface area (Å²) in [5, 5.41) is 0. The highest BCUT2D eigenvalue weighted by atomic mass is 127. The van der Waals surface area contributed by atoms with Gasteiger partial charge in [-0.1, -0.05) is 0 Å². The highest BCUT2D eigenvalue weighted by Crippen LogP contribution is 2.24. The van der Waals surface area contributed by atoms with Crippen LogP contribution in [0, 0.1) is 9.39 Å². The Bertz CT molecular complexity index is 254. The minimum absolute atomic E-state index is 0.257. The van der Waals surface area contributed by atoms with E-state index < -0.39 is 0 Å². The SMILES string of the molecule is Fc1cc(CCl)cc(I)c1Br. The van der Waals surface area contributed by atoms with Crippen molar-refractivity contribution in [1.29, 1.82) is 0 Å². The van der Waals surface area contributed by atoms with Crippen LogP contribution in [0.4, 0.5) is 4.39 Å². The molecule has 60 valence electrons. The molecule has 0 N–H and O–H groups in total. The van der Waals surface area contributed by atoms with Gasteiger partial charge in [0.2, 0.25) is 0 Å². The molecule has 0 saturated heterocycles. The summed E-state index contributed by atoms with van der Waals surface area (Å²) in [6, 6.07) is 3.28. The van der Waals surface area contributed by atoms with Gasteiger partial charge in [-0.25, -0.2) is 4.39 Å². The molecule has 0 spiro atoms. The molecular weight excluding hydrogens is 345 g/mol. The summed E-state index contributed by atoms with van der Waals surface area (Å²) in [6.45, 7) is 0. The summed E-state index contributed by atoms with van der Waals surface area (Å²) >= 11 is 10.7. The second-order valence-electron chi connectivity index (χ2n) is 2.01. The molecule has 0 aromatic heterocycles. The molecule has 1 rings (SSSR count). The highest BCUT2D eigenvalue weighted by Gasteiger charge is 2.04. The third kappa shape index (κ3) is 2.29. The molecule has 1 aromatic rings. The largest absolute Gasteiger partial charge is 0.206 e. The summed E-state index contributed by atoms with van der Waals surface area (Å²) in [4.78, 5) is 0. The van der Waals surface area contributed by atoms with Gasteiger partial charge in [0.05, 0.1) is 4.47 Å². The van der Waals surface area contributed by atoms with Gasteiger partial charge in [-0.2, -0.15) is 0 Å². The molecule has 0 aliphatic rings. The van der Waals surface area contributed by atoms with E-state index in [2.05, 4.69) is 38.5 Å². The molecule has 0 radical (unpaired) electrons. The molecule has 0 bridgehead atoms. The molecule has 0 heterocycles. The predicted molar refractivity (Wildman–Crippen MR) is 56.4 cm³/mol. The van der Waals surface area contributed by atoms with Gasteiger partial charge >= 0.3 is 0 Å². The van der Waals surface area contributed by atoms with Crippen LogP contribution in [0.2, 0.25) is 0 Å². The van der Waals surface area contributed by atoms with Crippen molar-refractivity contribution in [2.75, 3.05) is 0 Å². The molecule has 0 saturated carbocycles. The lowest BCUT2D eigenvalue weighted by molar-refractivity contribution is 0.618. The summed E-state index contributed by atoms with van der Waals surface area (Å²) in [7, 11) is 0. The van der Waals surface area contributed by atoms with Crippen molar-refractivity contribution in [3.05, 3.63) is 31.6 Å². The molecule has 0 amide bonds. The third-order valence-electron chi connectivity index (χ3n) is 1.20. The van der Waals surface area contributed by atoms with Crippen LogP contribution in [0.1, 0.15) is 5.56 Å². The quantitative estimate of drug-likeness (QED) is 0.409. The Morgan fingerprint density at radius 1 is 1.55 bits per heavy atom. The number of hydrogen-bond acceptors (Lipinski definition) is 0. The summed E-state index contributed by atoms with van der Waals surface area (Å²) in [6.07, 6.45) is 0. The molecule has 0 aliphatic carbocycles. The van der Waals surface area contributed by atoms with E-state index in [0.29, 0.717) is 10.4 Å². The molecule has 0 aliphatic heterocycles. The smallest absolute Gasteiger partial charge is 0.138 e. The summed E-state index contributed by atoms with van der Waals surface area (Å²) in [5.74, 6) is 0.0905. The molecular formula is C7H4BrClFI. The highest BCUT2D eigenvalue weighted by molar-refractivity contribution is 14.1. The first-order chi connectivity index (χ1) is 5.15. The predicted octanol–water partition coefficient (Wildman–Crippen LogP) is 3.93. The van der Waals surface area contributed by atoms with Crippen molar-refractivity contribution in [3.63, 3.8) is 0 Å². The topological polar surface area (TPSA) is 0 Å². The fourth-order valence-electron chi connectivity index (χ4n) is 0.685. The second-order valence-corrected chi connectivity index (χ2v) is 4.23. The first-order valence-electron chi connectivity index (χ1n) is 2.84. The second kappa shape index (κ2) is 4.05. The van der Waals surface area contributed by atoms with Crippen LogP contribution >= 0.6 is 50.1 Å². The van der Waals surface area contributed by atoms with Crippen LogP contribution in [0.5, 0.6) is 0 Å². The van der Waals surface area contributed by atoms with Crippen molar-refractivity contribution < 1.29 is 4.39 Å². The number of hydrogen-bond donors (Lipinski definition) is 0. The fraction of sp³-hybridized carbons (Fsp3) is 0.143. The van der Waals surface area contributed by atoms with E-state index in [1.807, 2.05) is 6.07 Å². The van der Waals surface area contributed by atoms with Crippen molar-refractivity contribution in [2.45, 2.75) is 5.88 Å². The normalized spacial score (nSPS) is 10.2. The number of halogens is 4. The number of benzene rings is 1. The third-order valence-corrected chi connectivity index (χ3v) is 3.90. The number of alkyl halides is 1. The lowest BCUT2D eigenvalue weighted by atomic mass is 10.2. The maximum atomic E-state index is 12.9. The zero-order chi connectivity index (χ0) is 8.43. The van der Waals surface area contributed by atoms with Gasteiger partial charge in [0.1, 0.15) is 5.82 Å². The van der Waals surface area contributed by atoms with E-state index in [-0.39, 0.29) is 5.82 Å². The molecule has 11 heavy (non-hydrogen) atoms. The summed E-state index contributed by atoms with van der Waals surface area (Å²) in [5.41, 5.74) is 0.803. The minimum atomic E-state index is -0.257. The molecule has 4 heteroatoms. The van der Waals surface area contributed by atoms with E-state index >= 15 is 0 Å². The lowest BCUT2D eigenvalue weighted by Crippen LogP contribution is -1.86. The Balaban J connectivity index is 3.21. The van der Waals surface area contributed by atoms with Crippen LogP contribution in [-0.4, -0.2) is 0 Å². The molecule has 0 atom stereocenters. The molecule has 0 nitrogen and oxygen atoms in total. The average Bonchev–Trinajstić information content (AvgIpc) is 1.99. The Kier molecular flexibility index (Phi) is 3.58. The van der Waals surface area contributed by atoms with E-state index in [4.69, 9.17) is 11.6 Å². The maximum absolute atomic E-state index is 12.9. The zero-order valence-electron chi connectivity index (χ0n) is 5.37. The maximum Gasteiger partial charge on any atom is 0.138 e. The minimum Gasteiger partial charge on any atom is -0.206 e. The standard InChI is InChI=1S/C7H4BrClFI/c8-7-5(10)1-4(3-9)2-6(7)11/h1-2H,3H2. The average molecular weight is 349 g/mol. The Labute approximate surface area is 91.4 Å². The van der Waals surface area contributed by atoms with Crippen LogP contribution in [0.25, 0.3) is 0 Å². The van der Waals surface area contributed by atoms with Crippen molar-refractivity contribution in [2.24, 2.45) is 0 Å². The van der Waals surface area contributed by atoms with Gasteiger partial charge in [-0.05, 0) is 56.2 Å². The van der Waals surface area contributed by atoms with Crippen molar-refractivity contribution in [3.8, 4) is 0 Å². The molecule has 0 fully saturated rings. The van der Waals surface area contributed by atoms with Crippen molar-refractivity contribution >= 4 is 50.1 Å². The fourth-order valence-corrected chi connectivity index (χ4v) is 1.73. The molecule has 1 aromatic carbocycles. The van der Waals surface area contributed by atoms with Gasteiger partial charge in [0, 0.05) is 9.45 Å². The van der Waals surface area contributed by atoms with Gasteiger partial charge in [0.25, 0.3) is 0 Å². The van der Waals surface area contributed by atoms with Gasteiger partial charge in [-0.3, -0.25) is 0 Å². The first-order valence-corrected chi connectivity index (χ1v) is 5.25. The van der Waals surface area contributed by atoms with Crippen LogP contribution < -0.4 is 0 Å². The van der Waals surface area contributed by atoms with Gasteiger partial charge < -0.3 is 0 Å². The Morgan fingerprint density at radius 3 is 2.64 bits per heavy atom.